The second-order valence-corrected chi connectivity index (χ2v) is 17.3. The van der Waals surface area contributed by atoms with E-state index in [9.17, 15) is 48.9 Å². The third-order valence-electron chi connectivity index (χ3n) is 11.8. The van der Waals surface area contributed by atoms with Crippen molar-refractivity contribution in [2.45, 2.75) is 102 Å². The van der Waals surface area contributed by atoms with E-state index in [1.807, 2.05) is 6.92 Å². The number of carbonyl (C=O) groups excluding carboxylic acids is 2. The maximum atomic E-state index is 13.1. The van der Waals surface area contributed by atoms with Crippen LogP contribution in [0.2, 0.25) is 0 Å². The maximum Gasteiger partial charge on any atom is 0.528 e. The SMILES string of the molecule is C[C@]12CC[C@H](OP(=O)(O)OC3=C(O)C(C(O)CO)OC3=O)CC1=CCC1C2CC[C@@]2(C)C1CC[C@@H]2OP(=O)(O)OC1=C(O)C(C(O)CO)OC1=O. The van der Waals surface area contributed by atoms with Gasteiger partial charge < -0.3 is 49.2 Å². The molecule has 0 spiro atoms. The summed E-state index contributed by atoms with van der Waals surface area (Å²) in [4.78, 5) is 45.5. The number of phosphoric ester groups is 2. The highest BCUT2D eigenvalue weighted by molar-refractivity contribution is 7.47. The summed E-state index contributed by atoms with van der Waals surface area (Å²) < 4.78 is 56.6. The normalized spacial score (nSPS) is 39.8. The van der Waals surface area contributed by atoms with Crippen LogP contribution in [0.5, 0.6) is 0 Å². The largest absolute Gasteiger partial charge is 0.528 e. The van der Waals surface area contributed by atoms with E-state index < -0.39 is 106 Å². The molecule has 0 aromatic heterocycles. The Morgan fingerprint density at radius 1 is 0.824 bits per heavy atom. The van der Waals surface area contributed by atoms with Gasteiger partial charge in [0.1, 0.15) is 12.2 Å². The van der Waals surface area contributed by atoms with Crippen molar-refractivity contribution in [2.24, 2.45) is 28.6 Å². The maximum absolute atomic E-state index is 13.1. The molecule has 20 heteroatoms. The lowest BCUT2D eigenvalue weighted by atomic mass is 9.48. The van der Waals surface area contributed by atoms with Gasteiger partial charge in [-0.2, -0.15) is 0 Å². The first kappa shape index (κ1) is 38.2. The van der Waals surface area contributed by atoms with Crippen molar-refractivity contribution in [3.63, 3.8) is 0 Å². The number of allylic oxidation sites excluding steroid dienone is 1. The molecular weight excluding hydrogens is 722 g/mol. The second-order valence-electron chi connectivity index (χ2n) is 14.6. The van der Waals surface area contributed by atoms with E-state index in [1.54, 1.807) is 0 Å². The Morgan fingerprint density at radius 2 is 1.37 bits per heavy atom. The van der Waals surface area contributed by atoms with E-state index in [0.717, 1.165) is 12.0 Å². The van der Waals surface area contributed by atoms with Crippen LogP contribution in [-0.4, -0.2) is 102 Å². The highest BCUT2D eigenvalue weighted by atomic mass is 31.2. The van der Waals surface area contributed by atoms with Gasteiger partial charge >= 0.3 is 27.6 Å². The zero-order valence-corrected chi connectivity index (χ0v) is 29.7. The first-order valence-electron chi connectivity index (χ1n) is 16.8. The Hall–Kier alpha value is -2.50. The van der Waals surface area contributed by atoms with Gasteiger partial charge in [-0.25, -0.2) is 18.7 Å². The van der Waals surface area contributed by atoms with E-state index in [2.05, 4.69) is 13.0 Å². The van der Waals surface area contributed by atoms with Crippen molar-refractivity contribution in [1.82, 2.24) is 0 Å². The topological polar surface area (TPSA) is 286 Å². The highest BCUT2D eigenvalue weighted by Crippen LogP contribution is 2.67. The van der Waals surface area contributed by atoms with E-state index in [-0.39, 0.29) is 23.2 Å². The Labute approximate surface area is 292 Å². The molecule has 51 heavy (non-hydrogen) atoms. The van der Waals surface area contributed by atoms with Crippen LogP contribution >= 0.6 is 15.6 Å². The van der Waals surface area contributed by atoms with E-state index in [1.165, 1.54) is 0 Å². The number of rotatable bonds is 12. The molecule has 286 valence electrons. The number of phosphoric acid groups is 2. The van der Waals surface area contributed by atoms with Crippen molar-refractivity contribution >= 4 is 27.6 Å². The summed E-state index contributed by atoms with van der Waals surface area (Å²) in [5, 5.41) is 58.2. The molecule has 0 aromatic rings. The highest BCUT2D eigenvalue weighted by Gasteiger charge is 2.60. The number of carbonyl (C=O) groups is 2. The van der Waals surface area contributed by atoms with Gasteiger partial charge in [0.2, 0.25) is 0 Å². The average molecular weight is 767 g/mol. The number of hydrogen-bond acceptors (Lipinski definition) is 16. The van der Waals surface area contributed by atoms with Gasteiger partial charge in [0.25, 0.3) is 11.5 Å². The molecule has 3 saturated carbocycles. The minimum absolute atomic E-state index is 0.101. The lowest BCUT2D eigenvalue weighted by Gasteiger charge is -2.58. The van der Waals surface area contributed by atoms with Gasteiger partial charge in [-0.15, -0.1) is 0 Å². The Bertz CT molecular complexity index is 1620. The number of fused-ring (bicyclic) bond motifs is 5. The number of ether oxygens (including phenoxy) is 2. The van der Waals surface area contributed by atoms with Crippen LogP contribution in [0.25, 0.3) is 0 Å². The number of hydrogen-bond donors (Lipinski definition) is 8. The lowest BCUT2D eigenvalue weighted by molar-refractivity contribution is -0.148. The molecule has 0 aromatic carbocycles. The van der Waals surface area contributed by atoms with E-state index >= 15 is 0 Å². The van der Waals surface area contributed by atoms with Crippen LogP contribution in [0.3, 0.4) is 0 Å². The van der Waals surface area contributed by atoms with E-state index in [4.69, 9.17) is 37.8 Å². The van der Waals surface area contributed by atoms with Crippen LogP contribution in [0.1, 0.15) is 65.2 Å². The molecule has 0 amide bonds. The number of aliphatic hydroxyl groups excluding tert-OH is 6. The molecule has 18 nitrogen and oxygen atoms in total. The molecule has 0 saturated heterocycles. The van der Waals surface area contributed by atoms with Crippen molar-refractivity contribution in [1.29, 1.82) is 0 Å². The van der Waals surface area contributed by atoms with Gasteiger partial charge in [0, 0.05) is 0 Å². The Morgan fingerprint density at radius 3 is 1.92 bits per heavy atom. The third-order valence-corrected chi connectivity index (χ3v) is 13.8. The Kier molecular flexibility index (Phi) is 10.3. The summed E-state index contributed by atoms with van der Waals surface area (Å²) in [6.07, 6.45) is -1.48. The molecule has 3 fully saturated rings. The molecule has 9 unspecified atom stereocenters. The van der Waals surface area contributed by atoms with Crippen molar-refractivity contribution in [3.8, 4) is 0 Å². The molecule has 0 bridgehead atoms. The van der Waals surface area contributed by atoms with E-state index in [0.29, 0.717) is 44.9 Å². The fraction of sp³-hybridized carbons (Fsp3) is 0.742. The molecule has 13 atom stereocenters. The molecule has 4 aliphatic carbocycles. The van der Waals surface area contributed by atoms with Gasteiger partial charge in [-0.05, 0) is 80.0 Å². The molecule has 0 radical (unpaired) electrons. The first-order chi connectivity index (χ1) is 23.8. The van der Waals surface area contributed by atoms with Crippen LogP contribution in [0, 0.1) is 28.6 Å². The summed E-state index contributed by atoms with van der Waals surface area (Å²) in [6.45, 7) is 2.47. The summed E-state index contributed by atoms with van der Waals surface area (Å²) in [7, 11) is -9.91. The fourth-order valence-corrected chi connectivity index (χ4v) is 11.4. The van der Waals surface area contributed by atoms with Gasteiger partial charge in [0.15, 0.2) is 23.7 Å². The average Bonchev–Trinajstić information content (AvgIpc) is 3.65. The standard InChI is InChI=1S/C31H44O18P2/c1-30-9-7-15(46-50(40,41)48-26-22(36)24(19(34)12-32)44-28(26)38)11-14(30)3-4-16-17-5-6-21(31(17,2)10-8-18(16)30)47-51(42,43)49-27-23(37)25(20(35)13-33)45-29(27)39/h3,15-21,24-25,32-37H,4-13H2,1-2H3,(H,40,41)(H,42,43)/t15-,16?,17?,18?,19?,20?,21-,24?,25?,30-,31-/m0/s1. The lowest BCUT2D eigenvalue weighted by Crippen LogP contribution is -2.51. The van der Waals surface area contributed by atoms with Crippen LogP contribution in [0.4, 0.5) is 0 Å². The quantitative estimate of drug-likeness (QED) is 0.0801. The Balaban J connectivity index is 1.10. The van der Waals surface area contributed by atoms with Gasteiger partial charge in [-0.3, -0.25) is 18.8 Å². The molecule has 6 aliphatic rings. The summed E-state index contributed by atoms with van der Waals surface area (Å²) in [6, 6.07) is 0. The monoisotopic (exact) mass is 766 g/mol. The molecule has 8 N–H and O–H groups in total. The van der Waals surface area contributed by atoms with Crippen molar-refractivity contribution < 1.29 is 86.7 Å². The smallest absolute Gasteiger partial charge is 0.505 e. The number of aliphatic hydroxyl groups is 6. The minimum atomic E-state index is -4.97. The first-order valence-corrected chi connectivity index (χ1v) is 19.8. The van der Waals surface area contributed by atoms with Gasteiger partial charge in [-0.1, -0.05) is 25.5 Å². The predicted octanol–water partition coefficient (Wildman–Crippen LogP) is 2.05. The summed E-state index contributed by atoms with van der Waals surface area (Å²) in [5.41, 5.74) is 0.254. The summed E-state index contributed by atoms with van der Waals surface area (Å²) in [5.74, 6) is -5.86. The zero-order chi connectivity index (χ0) is 37.3. The molecule has 2 heterocycles. The number of esters is 2. The van der Waals surface area contributed by atoms with Crippen LogP contribution in [0.15, 0.2) is 34.7 Å². The van der Waals surface area contributed by atoms with Crippen LogP contribution in [-0.2, 0) is 46.3 Å². The molecule has 2 aliphatic heterocycles. The molecule has 6 rings (SSSR count). The van der Waals surface area contributed by atoms with Crippen molar-refractivity contribution in [2.75, 3.05) is 13.2 Å². The fourth-order valence-electron chi connectivity index (χ4n) is 9.26. The molecular formula is C31H44O18P2. The van der Waals surface area contributed by atoms with Crippen LogP contribution < -0.4 is 0 Å². The number of cyclic esters (lactones) is 2. The third kappa shape index (κ3) is 6.89. The summed E-state index contributed by atoms with van der Waals surface area (Å²) >= 11 is 0. The zero-order valence-electron chi connectivity index (χ0n) is 27.9. The van der Waals surface area contributed by atoms with Crippen molar-refractivity contribution in [3.05, 3.63) is 34.7 Å². The predicted molar refractivity (Wildman–Crippen MR) is 169 cm³/mol. The minimum Gasteiger partial charge on any atom is -0.505 e. The van der Waals surface area contributed by atoms with Gasteiger partial charge in [0.05, 0.1) is 25.4 Å². The second kappa shape index (κ2) is 13.7.